The number of benzene rings is 2. The first-order valence-corrected chi connectivity index (χ1v) is 11.3. The molecule has 0 atom stereocenters. The Morgan fingerprint density at radius 2 is 1.64 bits per heavy atom. The molecule has 0 aliphatic rings. The lowest BCUT2D eigenvalue weighted by Gasteiger charge is -2.12. The predicted octanol–water partition coefficient (Wildman–Crippen LogP) is 2.59. The third kappa shape index (κ3) is 3.85. The number of hydrogen-bond acceptors (Lipinski definition) is 5. The monoisotopic (exact) mass is 378 g/mol. The van der Waals surface area contributed by atoms with Crippen molar-refractivity contribution in [1.29, 1.82) is 0 Å². The lowest BCUT2D eigenvalue weighted by molar-refractivity contribution is 0.600. The van der Waals surface area contributed by atoms with Crippen molar-refractivity contribution in [3.63, 3.8) is 0 Å². The van der Waals surface area contributed by atoms with Crippen LogP contribution in [0.1, 0.15) is 5.69 Å². The lowest BCUT2D eigenvalue weighted by atomic mass is 10.2. The number of rotatable bonds is 5. The van der Waals surface area contributed by atoms with Gasteiger partial charge in [-0.05, 0) is 35.7 Å². The van der Waals surface area contributed by atoms with Gasteiger partial charge in [-0.15, -0.1) is 0 Å². The molecule has 0 aliphatic carbocycles. The maximum atomic E-state index is 12.0. The number of H-pyrrole nitrogens is 1. The van der Waals surface area contributed by atoms with Gasteiger partial charge < -0.3 is 10.3 Å². The van der Waals surface area contributed by atoms with Gasteiger partial charge in [0.25, 0.3) is 0 Å². The number of sulfone groups is 2. The van der Waals surface area contributed by atoms with Crippen LogP contribution in [-0.4, -0.2) is 34.3 Å². The van der Waals surface area contributed by atoms with Crippen LogP contribution in [0.2, 0.25) is 0 Å². The molecule has 0 radical (unpaired) electrons. The molecular formula is C17H18N2O4S2. The molecule has 0 saturated heterocycles. The number of anilines is 1. The summed E-state index contributed by atoms with van der Waals surface area (Å²) in [6.07, 6.45) is 2.11. The van der Waals surface area contributed by atoms with Crippen LogP contribution in [0.25, 0.3) is 10.9 Å². The Labute approximate surface area is 146 Å². The summed E-state index contributed by atoms with van der Waals surface area (Å²) in [7, 11) is -7.07. The normalized spacial score (nSPS) is 12.4. The Morgan fingerprint density at radius 1 is 0.920 bits per heavy atom. The first-order valence-electron chi connectivity index (χ1n) is 7.49. The van der Waals surface area contributed by atoms with Crippen LogP contribution < -0.4 is 5.32 Å². The van der Waals surface area contributed by atoms with Gasteiger partial charge in [-0.25, -0.2) is 16.8 Å². The second kappa shape index (κ2) is 6.20. The van der Waals surface area contributed by atoms with E-state index in [-0.39, 0.29) is 9.79 Å². The minimum atomic E-state index is -3.58. The van der Waals surface area contributed by atoms with Gasteiger partial charge in [0.2, 0.25) is 0 Å². The molecule has 132 valence electrons. The molecule has 8 heteroatoms. The summed E-state index contributed by atoms with van der Waals surface area (Å²) in [6.45, 7) is 0.384. The second-order valence-corrected chi connectivity index (χ2v) is 9.94. The summed E-state index contributed by atoms with van der Waals surface area (Å²) in [5, 5.41) is 4.14. The fourth-order valence-electron chi connectivity index (χ4n) is 2.61. The molecule has 3 rings (SSSR count). The number of fused-ring (bicyclic) bond motifs is 1. The fraction of sp³-hybridized carbons (Fsp3) is 0.176. The van der Waals surface area contributed by atoms with E-state index in [0.717, 1.165) is 29.1 Å². The third-order valence-corrected chi connectivity index (χ3v) is 6.08. The minimum Gasteiger partial charge on any atom is -0.378 e. The fourth-order valence-corrected chi connectivity index (χ4v) is 4.21. The van der Waals surface area contributed by atoms with Crippen molar-refractivity contribution < 1.29 is 16.8 Å². The van der Waals surface area contributed by atoms with Gasteiger partial charge in [0.15, 0.2) is 19.7 Å². The molecule has 2 N–H and O–H groups in total. The topological polar surface area (TPSA) is 96.1 Å². The summed E-state index contributed by atoms with van der Waals surface area (Å²) >= 11 is 0. The molecule has 3 aromatic rings. The molecule has 25 heavy (non-hydrogen) atoms. The first kappa shape index (κ1) is 17.5. The van der Waals surface area contributed by atoms with Crippen molar-refractivity contribution in [2.45, 2.75) is 16.3 Å². The summed E-state index contributed by atoms with van der Waals surface area (Å²) in [6, 6.07) is 13.9. The minimum absolute atomic E-state index is 0.0240. The molecule has 1 aromatic heterocycles. The smallest absolute Gasteiger partial charge is 0.177 e. The SMILES string of the molecule is CS(=O)(=O)c1ccc(NCc2cc3ccccc3[nH]2)c(S(C)(=O)=O)c1. The zero-order valence-corrected chi connectivity index (χ0v) is 15.4. The third-order valence-electron chi connectivity index (χ3n) is 3.84. The van der Waals surface area contributed by atoms with Crippen molar-refractivity contribution in [3.05, 3.63) is 54.2 Å². The molecule has 0 aliphatic heterocycles. The van der Waals surface area contributed by atoms with E-state index in [2.05, 4.69) is 10.3 Å². The Kier molecular flexibility index (Phi) is 4.34. The van der Waals surface area contributed by atoms with E-state index in [1.165, 1.54) is 18.2 Å². The van der Waals surface area contributed by atoms with Crippen LogP contribution in [0, 0.1) is 0 Å². The lowest BCUT2D eigenvalue weighted by Crippen LogP contribution is -2.08. The highest BCUT2D eigenvalue weighted by molar-refractivity contribution is 7.91. The highest BCUT2D eigenvalue weighted by atomic mass is 32.2. The van der Waals surface area contributed by atoms with Gasteiger partial charge in [-0.3, -0.25) is 0 Å². The van der Waals surface area contributed by atoms with E-state index in [1.807, 2.05) is 30.3 Å². The molecular weight excluding hydrogens is 360 g/mol. The van der Waals surface area contributed by atoms with Gasteiger partial charge >= 0.3 is 0 Å². The maximum absolute atomic E-state index is 12.0. The summed E-state index contributed by atoms with van der Waals surface area (Å²) in [5.74, 6) is 0. The van der Waals surface area contributed by atoms with Gasteiger partial charge in [-0.1, -0.05) is 18.2 Å². The van der Waals surface area contributed by atoms with Crippen LogP contribution in [0.15, 0.2) is 58.3 Å². The Bertz CT molecular complexity index is 1110. The van der Waals surface area contributed by atoms with Gasteiger partial charge in [0.05, 0.1) is 22.0 Å². The highest BCUT2D eigenvalue weighted by Crippen LogP contribution is 2.26. The molecule has 1 heterocycles. The number of nitrogens with one attached hydrogen (secondary N) is 2. The van der Waals surface area contributed by atoms with Gasteiger partial charge in [0.1, 0.15) is 0 Å². The average Bonchev–Trinajstić information content (AvgIpc) is 2.93. The van der Waals surface area contributed by atoms with Gasteiger partial charge in [-0.2, -0.15) is 0 Å². The van der Waals surface area contributed by atoms with E-state index in [4.69, 9.17) is 0 Å². The molecule has 2 aromatic carbocycles. The van der Waals surface area contributed by atoms with Crippen molar-refractivity contribution in [2.24, 2.45) is 0 Å². The standard InChI is InChI=1S/C17H18N2O4S2/c1-24(20,21)14-7-8-16(17(10-14)25(2,22)23)18-11-13-9-12-5-3-4-6-15(12)19-13/h3-10,18-19H,11H2,1-2H3. The van der Waals surface area contributed by atoms with Gasteiger partial charge in [0, 0.05) is 23.7 Å². The van der Waals surface area contributed by atoms with Crippen molar-refractivity contribution in [1.82, 2.24) is 4.98 Å². The summed E-state index contributed by atoms with van der Waals surface area (Å²) < 4.78 is 47.4. The van der Waals surface area contributed by atoms with E-state index in [1.54, 1.807) is 0 Å². The van der Waals surface area contributed by atoms with E-state index >= 15 is 0 Å². The predicted molar refractivity (Wildman–Crippen MR) is 98.3 cm³/mol. The van der Waals surface area contributed by atoms with Crippen molar-refractivity contribution >= 4 is 36.3 Å². The Balaban J connectivity index is 1.93. The van der Waals surface area contributed by atoms with Crippen LogP contribution in [0.4, 0.5) is 5.69 Å². The van der Waals surface area contributed by atoms with E-state index in [9.17, 15) is 16.8 Å². The quantitative estimate of drug-likeness (QED) is 0.711. The molecule has 0 bridgehead atoms. The maximum Gasteiger partial charge on any atom is 0.177 e. The largest absolute Gasteiger partial charge is 0.378 e. The molecule has 0 saturated carbocycles. The molecule has 0 fully saturated rings. The Morgan fingerprint density at radius 3 is 2.28 bits per heavy atom. The van der Waals surface area contributed by atoms with Crippen molar-refractivity contribution in [3.8, 4) is 0 Å². The summed E-state index contributed by atoms with van der Waals surface area (Å²) in [5.41, 5.74) is 2.26. The van der Waals surface area contributed by atoms with Crippen LogP contribution in [0.3, 0.4) is 0 Å². The molecule has 0 amide bonds. The molecule has 0 spiro atoms. The summed E-state index contributed by atoms with van der Waals surface area (Å²) in [4.78, 5) is 3.19. The van der Waals surface area contributed by atoms with E-state index < -0.39 is 19.7 Å². The van der Waals surface area contributed by atoms with Crippen LogP contribution in [0.5, 0.6) is 0 Å². The average molecular weight is 378 g/mol. The zero-order chi connectivity index (χ0) is 18.2. The number of para-hydroxylation sites is 1. The molecule has 0 unspecified atom stereocenters. The number of aromatic amines is 1. The van der Waals surface area contributed by atoms with Crippen LogP contribution in [-0.2, 0) is 26.2 Å². The van der Waals surface area contributed by atoms with E-state index in [0.29, 0.717) is 12.2 Å². The first-order chi connectivity index (χ1) is 11.6. The number of hydrogen-bond donors (Lipinski definition) is 2. The highest BCUT2D eigenvalue weighted by Gasteiger charge is 2.18. The molecule has 6 nitrogen and oxygen atoms in total. The number of aromatic nitrogens is 1. The second-order valence-electron chi connectivity index (χ2n) is 5.94. The van der Waals surface area contributed by atoms with Crippen molar-refractivity contribution in [2.75, 3.05) is 17.8 Å². The van der Waals surface area contributed by atoms with Crippen LogP contribution >= 0.6 is 0 Å². The Hall–Kier alpha value is -2.32. The zero-order valence-electron chi connectivity index (χ0n) is 13.8.